The van der Waals surface area contributed by atoms with Gasteiger partial charge in [-0.25, -0.2) is 9.78 Å². The summed E-state index contributed by atoms with van der Waals surface area (Å²) in [6.45, 7) is 7.08. The van der Waals surface area contributed by atoms with E-state index in [1.165, 1.54) is 0 Å². The lowest BCUT2D eigenvalue weighted by Crippen LogP contribution is -2.27. The molecule has 0 bridgehead atoms. The molecule has 0 unspecified atom stereocenters. The Hall–Kier alpha value is -1.62. The molecule has 1 rings (SSSR count). The average molecular weight is 238 g/mol. The lowest BCUT2D eigenvalue weighted by atomic mass is 10.2. The quantitative estimate of drug-likeness (QED) is 0.828. The third kappa shape index (κ3) is 4.40. The van der Waals surface area contributed by atoms with Gasteiger partial charge in [0, 0.05) is 5.69 Å². The highest BCUT2D eigenvalue weighted by Gasteiger charge is 2.16. The predicted octanol–water partition coefficient (Wildman–Crippen LogP) is 2.23. The molecular weight excluding hydrogens is 220 g/mol. The number of aromatic nitrogens is 1. The molecule has 1 aromatic heterocycles. The highest BCUT2D eigenvalue weighted by Crippen LogP contribution is 2.12. The number of nitrogens with zero attached hydrogens (tertiary/aromatic N) is 1. The van der Waals surface area contributed by atoms with Gasteiger partial charge in [-0.1, -0.05) is 6.07 Å². The van der Waals surface area contributed by atoms with E-state index in [4.69, 9.17) is 9.84 Å². The molecule has 5 nitrogen and oxygen atoms in total. The Labute approximate surface area is 101 Å². The third-order valence-corrected chi connectivity index (χ3v) is 1.99. The second kappa shape index (κ2) is 5.14. The van der Waals surface area contributed by atoms with Crippen LogP contribution in [0.1, 0.15) is 32.0 Å². The molecular formula is C12H18N2O3. The van der Waals surface area contributed by atoms with Crippen molar-refractivity contribution in [3.05, 3.63) is 23.4 Å². The van der Waals surface area contributed by atoms with Crippen molar-refractivity contribution in [1.82, 2.24) is 4.98 Å². The van der Waals surface area contributed by atoms with Gasteiger partial charge in [-0.05, 0) is 39.3 Å². The number of aliphatic hydroxyl groups excluding tert-OH is 1. The summed E-state index contributed by atoms with van der Waals surface area (Å²) >= 11 is 0. The Morgan fingerprint density at radius 3 is 2.59 bits per heavy atom. The summed E-state index contributed by atoms with van der Waals surface area (Å²) in [5.74, 6) is 0.411. The van der Waals surface area contributed by atoms with E-state index in [0.717, 1.165) is 5.56 Å². The molecule has 0 aliphatic heterocycles. The highest BCUT2D eigenvalue weighted by molar-refractivity contribution is 5.83. The van der Waals surface area contributed by atoms with Crippen LogP contribution in [0.25, 0.3) is 0 Å². The zero-order chi connectivity index (χ0) is 13.1. The molecule has 2 N–H and O–H groups in total. The maximum Gasteiger partial charge on any atom is 0.413 e. The van der Waals surface area contributed by atoms with E-state index >= 15 is 0 Å². The fraction of sp³-hybridized carbons (Fsp3) is 0.500. The van der Waals surface area contributed by atoms with Crippen molar-refractivity contribution in [2.75, 3.05) is 5.32 Å². The third-order valence-electron chi connectivity index (χ3n) is 1.99. The number of carbonyl (C=O) groups excluding carboxylic acids is 1. The van der Waals surface area contributed by atoms with Crippen LogP contribution in [0.3, 0.4) is 0 Å². The maximum atomic E-state index is 11.5. The van der Waals surface area contributed by atoms with Gasteiger partial charge in [0.25, 0.3) is 0 Å². The maximum absolute atomic E-state index is 11.5. The Morgan fingerprint density at radius 2 is 2.12 bits per heavy atom. The summed E-state index contributed by atoms with van der Waals surface area (Å²) in [5.41, 5.74) is 0.880. The van der Waals surface area contributed by atoms with Gasteiger partial charge in [-0.15, -0.1) is 0 Å². The van der Waals surface area contributed by atoms with E-state index in [9.17, 15) is 4.79 Å². The highest BCUT2D eigenvalue weighted by atomic mass is 16.6. The van der Waals surface area contributed by atoms with Gasteiger partial charge in [0.1, 0.15) is 11.4 Å². The van der Waals surface area contributed by atoms with Crippen LogP contribution in [-0.4, -0.2) is 21.8 Å². The van der Waals surface area contributed by atoms with Crippen molar-refractivity contribution < 1.29 is 14.6 Å². The number of hydrogen-bond donors (Lipinski definition) is 2. The number of ether oxygens (including phenoxy) is 1. The van der Waals surface area contributed by atoms with E-state index < -0.39 is 11.7 Å². The molecule has 0 saturated carbocycles. The molecule has 0 radical (unpaired) electrons. The minimum atomic E-state index is -0.541. The molecule has 0 aliphatic rings. The normalized spacial score (nSPS) is 11.1. The van der Waals surface area contributed by atoms with E-state index in [1.54, 1.807) is 39.8 Å². The van der Waals surface area contributed by atoms with Crippen molar-refractivity contribution >= 4 is 11.9 Å². The molecule has 0 atom stereocenters. The number of amides is 1. The summed E-state index contributed by atoms with van der Waals surface area (Å²) in [7, 11) is 0. The lowest BCUT2D eigenvalue weighted by Gasteiger charge is -2.19. The summed E-state index contributed by atoms with van der Waals surface area (Å²) in [5, 5.41) is 11.5. The molecule has 1 aromatic rings. The number of aryl methyl sites for hydroxylation is 1. The van der Waals surface area contributed by atoms with Crippen LogP contribution in [0.4, 0.5) is 10.6 Å². The van der Waals surface area contributed by atoms with Crippen molar-refractivity contribution in [3.63, 3.8) is 0 Å². The van der Waals surface area contributed by atoms with Crippen LogP contribution in [0, 0.1) is 6.92 Å². The van der Waals surface area contributed by atoms with Crippen LogP contribution in [0.15, 0.2) is 12.1 Å². The second-order valence-corrected chi connectivity index (χ2v) is 4.73. The van der Waals surface area contributed by atoms with Crippen LogP contribution in [-0.2, 0) is 11.3 Å². The standard InChI is InChI=1S/C12H18N2O3/c1-8-9(7-15)5-6-10(13-8)14-11(16)17-12(2,3)4/h5-6,15H,7H2,1-4H3,(H,13,14,16). The number of hydrogen-bond acceptors (Lipinski definition) is 4. The molecule has 0 saturated heterocycles. The van der Waals surface area contributed by atoms with Crippen LogP contribution in [0.5, 0.6) is 0 Å². The molecule has 0 spiro atoms. The van der Waals surface area contributed by atoms with Gasteiger partial charge in [0.05, 0.1) is 6.61 Å². The largest absolute Gasteiger partial charge is 0.444 e. The topological polar surface area (TPSA) is 71.5 Å². The lowest BCUT2D eigenvalue weighted by molar-refractivity contribution is 0.0635. The Bertz CT molecular complexity index is 411. The molecule has 0 fully saturated rings. The number of anilines is 1. The number of carbonyl (C=O) groups is 1. The van der Waals surface area contributed by atoms with Crippen LogP contribution < -0.4 is 5.32 Å². The molecule has 0 aliphatic carbocycles. The SMILES string of the molecule is Cc1nc(NC(=O)OC(C)(C)C)ccc1CO. The van der Waals surface area contributed by atoms with Gasteiger partial charge in [-0.2, -0.15) is 0 Å². The number of aliphatic hydroxyl groups is 1. The second-order valence-electron chi connectivity index (χ2n) is 4.73. The van der Waals surface area contributed by atoms with Crippen molar-refractivity contribution in [3.8, 4) is 0 Å². The fourth-order valence-electron chi connectivity index (χ4n) is 1.23. The van der Waals surface area contributed by atoms with E-state index in [1.807, 2.05) is 0 Å². The molecule has 94 valence electrons. The number of pyridine rings is 1. The zero-order valence-electron chi connectivity index (χ0n) is 10.6. The van der Waals surface area contributed by atoms with E-state index in [2.05, 4.69) is 10.3 Å². The first-order chi connectivity index (χ1) is 7.81. The molecule has 5 heteroatoms. The summed E-state index contributed by atoms with van der Waals surface area (Å²) in [6, 6.07) is 3.34. The van der Waals surface area contributed by atoms with Gasteiger partial charge < -0.3 is 9.84 Å². The van der Waals surface area contributed by atoms with Crippen molar-refractivity contribution in [1.29, 1.82) is 0 Å². The van der Waals surface area contributed by atoms with Crippen LogP contribution >= 0.6 is 0 Å². The Kier molecular flexibility index (Phi) is 4.07. The minimum absolute atomic E-state index is 0.0639. The average Bonchev–Trinajstić information content (AvgIpc) is 2.14. The number of nitrogens with one attached hydrogen (secondary N) is 1. The van der Waals surface area contributed by atoms with E-state index in [-0.39, 0.29) is 6.61 Å². The first kappa shape index (κ1) is 13.4. The Morgan fingerprint density at radius 1 is 1.47 bits per heavy atom. The van der Waals surface area contributed by atoms with Gasteiger partial charge in [0.2, 0.25) is 0 Å². The zero-order valence-corrected chi connectivity index (χ0v) is 10.6. The van der Waals surface area contributed by atoms with Gasteiger partial charge >= 0.3 is 6.09 Å². The summed E-state index contributed by atoms with van der Waals surface area (Å²) < 4.78 is 5.10. The molecule has 1 amide bonds. The first-order valence-electron chi connectivity index (χ1n) is 5.39. The van der Waals surface area contributed by atoms with Crippen molar-refractivity contribution in [2.45, 2.75) is 39.9 Å². The first-order valence-corrected chi connectivity index (χ1v) is 5.39. The summed E-state index contributed by atoms with van der Waals surface area (Å²) in [4.78, 5) is 15.6. The molecule has 0 aromatic carbocycles. The molecule has 1 heterocycles. The van der Waals surface area contributed by atoms with Gasteiger partial charge in [0.15, 0.2) is 0 Å². The molecule has 17 heavy (non-hydrogen) atoms. The van der Waals surface area contributed by atoms with Crippen molar-refractivity contribution in [2.24, 2.45) is 0 Å². The van der Waals surface area contributed by atoms with Gasteiger partial charge in [-0.3, -0.25) is 5.32 Å². The Balaban J connectivity index is 2.69. The predicted molar refractivity (Wildman–Crippen MR) is 64.8 cm³/mol. The smallest absolute Gasteiger partial charge is 0.413 e. The minimum Gasteiger partial charge on any atom is -0.444 e. The monoisotopic (exact) mass is 238 g/mol. The number of rotatable bonds is 2. The van der Waals surface area contributed by atoms with E-state index in [0.29, 0.717) is 11.5 Å². The fourth-order valence-corrected chi connectivity index (χ4v) is 1.23. The van der Waals surface area contributed by atoms with Crippen LogP contribution in [0.2, 0.25) is 0 Å². The summed E-state index contributed by atoms with van der Waals surface area (Å²) in [6.07, 6.45) is -0.541.